The lowest BCUT2D eigenvalue weighted by molar-refractivity contribution is -0.127. The second-order valence-corrected chi connectivity index (χ2v) is 8.95. The number of nitrogens with zero attached hydrogens (tertiary/aromatic N) is 2. The van der Waals surface area contributed by atoms with E-state index in [2.05, 4.69) is 10.2 Å². The van der Waals surface area contributed by atoms with Gasteiger partial charge in [0.2, 0.25) is 18.6 Å². The Bertz CT molecular complexity index is 1160. The van der Waals surface area contributed by atoms with Gasteiger partial charge in [-0.05, 0) is 62.2 Å². The van der Waals surface area contributed by atoms with Gasteiger partial charge in [0, 0.05) is 30.2 Å². The Morgan fingerprint density at radius 3 is 2.97 bits per heavy atom. The molecule has 1 aromatic heterocycles. The van der Waals surface area contributed by atoms with E-state index in [0.717, 1.165) is 53.5 Å². The van der Waals surface area contributed by atoms with Gasteiger partial charge >= 0.3 is 0 Å². The van der Waals surface area contributed by atoms with Crippen LogP contribution in [0, 0.1) is 12.8 Å². The summed E-state index contributed by atoms with van der Waals surface area (Å²) in [7, 11) is 0. The van der Waals surface area contributed by atoms with Gasteiger partial charge in [0.15, 0.2) is 11.5 Å². The number of ether oxygens (including phenoxy) is 2. The Morgan fingerprint density at radius 2 is 2.09 bits per heavy atom. The number of rotatable bonds is 6. The van der Waals surface area contributed by atoms with Gasteiger partial charge in [-0.3, -0.25) is 9.69 Å². The van der Waals surface area contributed by atoms with Crippen molar-refractivity contribution in [3.8, 4) is 23.0 Å². The van der Waals surface area contributed by atoms with Gasteiger partial charge in [-0.1, -0.05) is 23.7 Å². The molecule has 0 bridgehead atoms. The summed E-state index contributed by atoms with van der Waals surface area (Å²) in [6, 6.07) is 13.2. The molecule has 8 heteroatoms. The van der Waals surface area contributed by atoms with Crippen LogP contribution in [0.2, 0.25) is 5.02 Å². The van der Waals surface area contributed by atoms with E-state index in [4.69, 9.17) is 30.5 Å². The van der Waals surface area contributed by atoms with Crippen LogP contribution in [0.3, 0.4) is 0 Å². The summed E-state index contributed by atoms with van der Waals surface area (Å²) in [4.78, 5) is 19.8. The lowest BCUT2D eigenvalue weighted by Crippen LogP contribution is -2.42. The number of likely N-dealkylation sites (tertiary alicyclic amines) is 1. The molecular formula is C25H26ClN3O4. The van der Waals surface area contributed by atoms with Crippen molar-refractivity contribution in [2.45, 2.75) is 32.9 Å². The average Bonchev–Trinajstić information content (AvgIpc) is 3.44. The van der Waals surface area contributed by atoms with Crippen molar-refractivity contribution in [3.63, 3.8) is 0 Å². The summed E-state index contributed by atoms with van der Waals surface area (Å²) in [5, 5.41) is 3.73. The minimum absolute atomic E-state index is 0.0487. The molecule has 3 aromatic rings. The molecule has 5 rings (SSSR count). The van der Waals surface area contributed by atoms with Crippen molar-refractivity contribution in [3.05, 3.63) is 64.5 Å². The molecule has 172 valence electrons. The summed E-state index contributed by atoms with van der Waals surface area (Å²) in [6.07, 6.45) is 1.86. The highest BCUT2D eigenvalue weighted by molar-refractivity contribution is 6.30. The molecule has 0 aliphatic carbocycles. The maximum Gasteiger partial charge on any atom is 0.231 e. The number of oxazole rings is 1. The fourth-order valence-electron chi connectivity index (χ4n) is 4.33. The Labute approximate surface area is 197 Å². The fourth-order valence-corrected chi connectivity index (χ4v) is 4.52. The predicted molar refractivity (Wildman–Crippen MR) is 124 cm³/mol. The summed E-state index contributed by atoms with van der Waals surface area (Å²) in [5.41, 5.74) is 2.75. The van der Waals surface area contributed by atoms with Crippen LogP contribution in [0.1, 0.15) is 29.9 Å². The molecule has 1 atom stereocenters. The molecule has 33 heavy (non-hydrogen) atoms. The molecule has 0 saturated carbocycles. The van der Waals surface area contributed by atoms with Crippen molar-refractivity contribution in [1.29, 1.82) is 0 Å². The van der Waals surface area contributed by atoms with E-state index in [1.807, 2.05) is 49.4 Å². The van der Waals surface area contributed by atoms with E-state index < -0.39 is 0 Å². The number of fused-ring (bicyclic) bond motifs is 1. The number of carbonyl (C=O) groups excluding carboxylic acids is 1. The number of hydrogen-bond acceptors (Lipinski definition) is 6. The average molecular weight is 468 g/mol. The van der Waals surface area contributed by atoms with Gasteiger partial charge < -0.3 is 19.2 Å². The number of benzene rings is 2. The van der Waals surface area contributed by atoms with Gasteiger partial charge in [-0.15, -0.1) is 0 Å². The molecule has 2 aliphatic heterocycles. The molecule has 1 saturated heterocycles. The van der Waals surface area contributed by atoms with E-state index in [0.29, 0.717) is 30.5 Å². The Hall–Kier alpha value is -3.03. The van der Waals surface area contributed by atoms with Crippen molar-refractivity contribution >= 4 is 17.5 Å². The normalized spacial score (nSPS) is 17.8. The van der Waals surface area contributed by atoms with Gasteiger partial charge in [0.05, 0.1) is 11.6 Å². The highest BCUT2D eigenvalue weighted by atomic mass is 35.5. The van der Waals surface area contributed by atoms with Gasteiger partial charge in [-0.2, -0.15) is 0 Å². The quantitative estimate of drug-likeness (QED) is 0.572. The van der Waals surface area contributed by atoms with Gasteiger partial charge in [-0.25, -0.2) is 4.98 Å². The highest BCUT2D eigenvalue weighted by Gasteiger charge is 2.27. The minimum Gasteiger partial charge on any atom is -0.454 e. The molecule has 7 nitrogen and oxygen atoms in total. The smallest absolute Gasteiger partial charge is 0.231 e. The number of nitrogens with one attached hydrogen (secondary N) is 1. The summed E-state index contributed by atoms with van der Waals surface area (Å²) < 4.78 is 16.7. The van der Waals surface area contributed by atoms with Gasteiger partial charge in [0.1, 0.15) is 5.76 Å². The standard InChI is InChI=1S/C25H26ClN3O4/c1-16-21(28-25(33-16)18-4-2-6-20(26)11-18)14-29-9-3-5-19(13-29)24(30)27-12-17-7-8-22-23(10-17)32-15-31-22/h2,4,6-8,10-11,19H,3,5,9,12-15H2,1H3,(H,27,30). The second-order valence-electron chi connectivity index (χ2n) is 8.51. The molecule has 1 fully saturated rings. The zero-order chi connectivity index (χ0) is 22.8. The van der Waals surface area contributed by atoms with E-state index in [9.17, 15) is 4.79 Å². The topological polar surface area (TPSA) is 76.8 Å². The zero-order valence-corrected chi connectivity index (χ0v) is 19.2. The Kier molecular flexibility index (Phi) is 6.24. The summed E-state index contributed by atoms with van der Waals surface area (Å²) in [5.74, 6) is 2.86. The van der Waals surface area contributed by atoms with E-state index in [-0.39, 0.29) is 18.6 Å². The van der Waals surface area contributed by atoms with Crippen molar-refractivity contribution in [2.24, 2.45) is 5.92 Å². The lowest BCUT2D eigenvalue weighted by Gasteiger charge is -2.31. The van der Waals surface area contributed by atoms with Crippen LogP contribution in [0.25, 0.3) is 11.5 Å². The SMILES string of the molecule is Cc1oc(-c2cccc(Cl)c2)nc1CN1CCCC(C(=O)NCc2ccc3c(c2)OCO3)C1. The number of hydrogen-bond donors (Lipinski definition) is 1. The van der Waals surface area contributed by atoms with Crippen LogP contribution in [-0.2, 0) is 17.9 Å². The molecule has 3 heterocycles. The molecule has 0 radical (unpaired) electrons. The van der Waals surface area contributed by atoms with E-state index in [1.54, 1.807) is 0 Å². The number of aromatic nitrogens is 1. The molecule has 0 spiro atoms. The van der Waals surface area contributed by atoms with E-state index >= 15 is 0 Å². The fraction of sp³-hybridized carbons (Fsp3) is 0.360. The molecule has 1 unspecified atom stereocenters. The lowest BCUT2D eigenvalue weighted by atomic mass is 9.97. The van der Waals surface area contributed by atoms with Crippen LogP contribution in [0.15, 0.2) is 46.9 Å². The first-order chi connectivity index (χ1) is 16.0. The molecule has 1 N–H and O–H groups in total. The van der Waals surface area contributed by atoms with Crippen LogP contribution in [0.4, 0.5) is 0 Å². The van der Waals surface area contributed by atoms with Crippen LogP contribution < -0.4 is 14.8 Å². The number of aryl methyl sites for hydroxylation is 1. The monoisotopic (exact) mass is 467 g/mol. The Balaban J connectivity index is 1.18. The van der Waals surface area contributed by atoms with Crippen molar-refractivity contribution in [1.82, 2.24) is 15.2 Å². The number of piperidine rings is 1. The third-order valence-electron chi connectivity index (χ3n) is 6.12. The third-order valence-corrected chi connectivity index (χ3v) is 6.35. The highest BCUT2D eigenvalue weighted by Crippen LogP contribution is 2.32. The number of amides is 1. The largest absolute Gasteiger partial charge is 0.454 e. The molecule has 2 aliphatic rings. The van der Waals surface area contributed by atoms with Gasteiger partial charge in [0.25, 0.3) is 0 Å². The first-order valence-electron chi connectivity index (χ1n) is 11.2. The minimum atomic E-state index is -0.0487. The predicted octanol–water partition coefficient (Wildman–Crippen LogP) is 4.56. The van der Waals surface area contributed by atoms with E-state index in [1.165, 1.54) is 0 Å². The van der Waals surface area contributed by atoms with Crippen molar-refractivity contribution in [2.75, 3.05) is 19.9 Å². The third kappa shape index (κ3) is 4.99. The number of halogens is 1. The van der Waals surface area contributed by atoms with Crippen LogP contribution >= 0.6 is 11.6 Å². The Morgan fingerprint density at radius 1 is 1.21 bits per heavy atom. The first-order valence-corrected chi connectivity index (χ1v) is 11.5. The maximum atomic E-state index is 12.9. The summed E-state index contributed by atoms with van der Waals surface area (Å²) >= 11 is 6.10. The molecule has 2 aromatic carbocycles. The van der Waals surface area contributed by atoms with Crippen LogP contribution in [0.5, 0.6) is 11.5 Å². The first kappa shape index (κ1) is 21.8. The number of carbonyl (C=O) groups is 1. The zero-order valence-electron chi connectivity index (χ0n) is 18.5. The maximum absolute atomic E-state index is 12.9. The molecule has 1 amide bonds. The second kappa shape index (κ2) is 9.45. The van der Waals surface area contributed by atoms with Crippen molar-refractivity contribution < 1.29 is 18.7 Å². The molecular weight excluding hydrogens is 442 g/mol. The summed E-state index contributed by atoms with van der Waals surface area (Å²) in [6.45, 7) is 4.93. The van der Waals surface area contributed by atoms with Crippen LogP contribution in [-0.4, -0.2) is 35.7 Å².